The van der Waals surface area contributed by atoms with Crippen LogP contribution in [0.5, 0.6) is 0 Å². The van der Waals surface area contributed by atoms with Gasteiger partial charge in [0.25, 0.3) is 5.69 Å². The molecule has 10 heteroatoms. The Morgan fingerprint density at radius 1 is 1.00 bits per heavy atom. The first-order chi connectivity index (χ1) is 19.9. The predicted octanol–water partition coefficient (Wildman–Crippen LogP) is 7.22. The number of aromatic nitrogens is 3. The second kappa shape index (κ2) is 14.5. The molecule has 214 valence electrons. The second-order valence-electron chi connectivity index (χ2n) is 9.86. The topological polar surface area (TPSA) is 103 Å². The molecule has 0 saturated carbocycles. The molecule has 2 unspecified atom stereocenters. The fourth-order valence-corrected chi connectivity index (χ4v) is 5.53. The number of non-ortho nitro benzene ring substituents is 1. The van der Waals surface area contributed by atoms with Gasteiger partial charge in [-0.1, -0.05) is 80.9 Å². The first-order valence-corrected chi connectivity index (χ1v) is 14.8. The van der Waals surface area contributed by atoms with E-state index in [1.165, 1.54) is 36.0 Å². The number of carbonyl (C=O) groups is 1. The number of nitro groups is 1. The van der Waals surface area contributed by atoms with Gasteiger partial charge in [0.15, 0.2) is 11.0 Å². The fourth-order valence-electron chi connectivity index (χ4n) is 4.61. The molecule has 0 fully saturated rings. The molecule has 0 aliphatic rings. The van der Waals surface area contributed by atoms with Crippen molar-refractivity contribution in [3.8, 4) is 5.69 Å². The lowest BCUT2D eigenvalue weighted by atomic mass is 9.97. The third-order valence-electron chi connectivity index (χ3n) is 6.94. The molecule has 3 aromatic carbocycles. The summed E-state index contributed by atoms with van der Waals surface area (Å²) in [4.78, 5) is 24.4. The van der Waals surface area contributed by atoms with E-state index in [2.05, 4.69) is 22.4 Å². The van der Waals surface area contributed by atoms with Crippen molar-refractivity contribution in [2.45, 2.75) is 62.9 Å². The lowest BCUT2D eigenvalue weighted by Gasteiger charge is -2.23. The number of benzene rings is 3. The zero-order chi connectivity index (χ0) is 29.2. The molecular weight excluding hydrogens is 541 g/mol. The third kappa shape index (κ3) is 8.00. The maximum Gasteiger partial charge on any atom is 0.269 e. The maximum absolute atomic E-state index is 13.5. The van der Waals surface area contributed by atoms with Crippen LogP contribution in [0.4, 0.5) is 10.1 Å². The molecule has 0 radical (unpaired) electrons. The summed E-state index contributed by atoms with van der Waals surface area (Å²) in [5.74, 6) is 0.592. The molecule has 1 heterocycles. The normalized spacial score (nSPS) is 12.6. The SMILES string of the molecule is CCCCC(CC)C(=O)NC(Cc1ccccc1)c1nnc(SCc2ccc(F)cc2)n1-c1ccc([N+](=O)[O-])cc1. The van der Waals surface area contributed by atoms with Crippen molar-refractivity contribution in [3.63, 3.8) is 0 Å². The van der Waals surface area contributed by atoms with Crippen LogP contribution >= 0.6 is 11.8 Å². The summed E-state index contributed by atoms with van der Waals surface area (Å²) in [6, 6.07) is 21.8. The molecule has 2 atom stereocenters. The van der Waals surface area contributed by atoms with Crippen LogP contribution in [-0.2, 0) is 17.0 Å². The van der Waals surface area contributed by atoms with E-state index in [4.69, 9.17) is 0 Å². The van der Waals surface area contributed by atoms with Crippen LogP contribution in [0.15, 0.2) is 84.0 Å². The van der Waals surface area contributed by atoms with Crippen molar-refractivity contribution in [3.05, 3.63) is 112 Å². The number of hydrogen-bond acceptors (Lipinski definition) is 6. The number of nitrogens with one attached hydrogen (secondary N) is 1. The first kappa shape index (κ1) is 29.9. The highest BCUT2D eigenvalue weighted by Gasteiger charge is 2.27. The molecule has 0 saturated heterocycles. The molecule has 0 spiro atoms. The van der Waals surface area contributed by atoms with Gasteiger partial charge in [0.2, 0.25) is 5.91 Å². The van der Waals surface area contributed by atoms with Crippen molar-refractivity contribution in [1.29, 1.82) is 0 Å². The van der Waals surface area contributed by atoms with Gasteiger partial charge in [0.05, 0.1) is 11.0 Å². The first-order valence-electron chi connectivity index (χ1n) is 13.8. The monoisotopic (exact) mass is 575 g/mol. The maximum atomic E-state index is 13.5. The van der Waals surface area contributed by atoms with Gasteiger partial charge in [0.1, 0.15) is 5.82 Å². The van der Waals surface area contributed by atoms with Gasteiger partial charge in [0, 0.05) is 29.5 Å². The predicted molar refractivity (Wildman–Crippen MR) is 158 cm³/mol. The van der Waals surface area contributed by atoms with Crippen molar-refractivity contribution < 1.29 is 14.1 Å². The average Bonchev–Trinajstić information content (AvgIpc) is 3.41. The number of rotatable bonds is 14. The van der Waals surface area contributed by atoms with E-state index < -0.39 is 11.0 Å². The molecule has 8 nitrogen and oxygen atoms in total. The minimum absolute atomic E-state index is 0.0272. The van der Waals surface area contributed by atoms with E-state index in [1.807, 2.05) is 41.8 Å². The van der Waals surface area contributed by atoms with Crippen molar-refractivity contribution in [1.82, 2.24) is 20.1 Å². The number of halogens is 1. The number of nitro benzene ring substituents is 1. The molecule has 0 bridgehead atoms. The van der Waals surface area contributed by atoms with Crippen LogP contribution < -0.4 is 5.32 Å². The minimum atomic E-state index is -0.497. The van der Waals surface area contributed by atoms with E-state index in [0.29, 0.717) is 28.8 Å². The van der Waals surface area contributed by atoms with Gasteiger partial charge in [-0.05, 0) is 54.7 Å². The summed E-state index contributed by atoms with van der Waals surface area (Å²) in [6.45, 7) is 4.14. The third-order valence-corrected chi connectivity index (χ3v) is 7.94. The molecular formula is C31H34FN5O3S. The van der Waals surface area contributed by atoms with E-state index in [1.54, 1.807) is 24.3 Å². The molecule has 0 aliphatic carbocycles. The fraction of sp³-hybridized carbons (Fsp3) is 0.323. The summed E-state index contributed by atoms with van der Waals surface area (Å²) < 4.78 is 15.3. The van der Waals surface area contributed by atoms with E-state index in [0.717, 1.165) is 36.8 Å². The molecule has 41 heavy (non-hydrogen) atoms. The van der Waals surface area contributed by atoms with E-state index >= 15 is 0 Å². The standard InChI is InChI=1S/C31H34FN5O3S/c1-3-5-11-24(4-2)30(38)33-28(20-22-9-7-6-8-10-22)29-34-35-31(41-21-23-12-14-25(32)15-13-23)36(29)26-16-18-27(19-17-26)37(39)40/h6-10,12-19,24,28H,3-5,11,20-21H2,1-2H3,(H,33,38). The number of amides is 1. The highest BCUT2D eigenvalue weighted by atomic mass is 32.2. The van der Waals surface area contributed by atoms with Gasteiger partial charge in [-0.15, -0.1) is 10.2 Å². The van der Waals surface area contributed by atoms with Crippen LogP contribution in [0, 0.1) is 21.8 Å². The molecule has 1 aromatic heterocycles. The number of thioether (sulfide) groups is 1. The highest BCUT2D eigenvalue weighted by Crippen LogP contribution is 2.30. The Balaban J connectivity index is 1.73. The van der Waals surface area contributed by atoms with Gasteiger partial charge < -0.3 is 5.32 Å². The van der Waals surface area contributed by atoms with Crippen LogP contribution in [0.1, 0.15) is 62.5 Å². The molecule has 1 amide bonds. The quantitative estimate of drug-likeness (QED) is 0.0967. The Hall–Kier alpha value is -4.05. The number of carbonyl (C=O) groups excluding carboxylic acids is 1. The minimum Gasteiger partial charge on any atom is -0.345 e. The summed E-state index contributed by atoms with van der Waals surface area (Å²) in [5, 5.41) is 24.2. The van der Waals surface area contributed by atoms with Crippen LogP contribution in [-0.4, -0.2) is 25.6 Å². The van der Waals surface area contributed by atoms with Crippen molar-refractivity contribution >= 4 is 23.4 Å². The van der Waals surface area contributed by atoms with Gasteiger partial charge in [-0.2, -0.15) is 0 Å². The summed E-state index contributed by atoms with van der Waals surface area (Å²) >= 11 is 1.42. The Morgan fingerprint density at radius 2 is 1.71 bits per heavy atom. The average molecular weight is 576 g/mol. The van der Waals surface area contributed by atoms with Crippen LogP contribution in [0.3, 0.4) is 0 Å². The molecule has 4 rings (SSSR count). The van der Waals surface area contributed by atoms with Crippen molar-refractivity contribution in [2.75, 3.05) is 0 Å². The van der Waals surface area contributed by atoms with Gasteiger partial charge in [-0.3, -0.25) is 19.5 Å². The van der Waals surface area contributed by atoms with Crippen LogP contribution in [0.25, 0.3) is 5.69 Å². The smallest absolute Gasteiger partial charge is 0.269 e. The van der Waals surface area contributed by atoms with E-state index in [9.17, 15) is 19.3 Å². The highest BCUT2D eigenvalue weighted by molar-refractivity contribution is 7.98. The molecule has 1 N–H and O–H groups in total. The van der Waals surface area contributed by atoms with Gasteiger partial charge in [-0.25, -0.2) is 4.39 Å². The Bertz CT molecular complexity index is 1430. The number of unbranched alkanes of at least 4 members (excludes halogenated alkanes) is 1. The van der Waals surface area contributed by atoms with E-state index in [-0.39, 0.29) is 23.3 Å². The van der Waals surface area contributed by atoms with Crippen LogP contribution in [0.2, 0.25) is 0 Å². The molecule has 4 aromatic rings. The Morgan fingerprint density at radius 3 is 2.34 bits per heavy atom. The number of nitrogens with zero attached hydrogens (tertiary/aromatic N) is 4. The summed E-state index contributed by atoms with van der Waals surface area (Å²) in [6.07, 6.45) is 4.02. The Labute approximate surface area is 243 Å². The summed E-state index contributed by atoms with van der Waals surface area (Å²) in [7, 11) is 0. The number of hydrogen-bond donors (Lipinski definition) is 1. The second-order valence-corrected chi connectivity index (χ2v) is 10.8. The lowest BCUT2D eigenvalue weighted by Crippen LogP contribution is -2.36. The van der Waals surface area contributed by atoms with Gasteiger partial charge >= 0.3 is 0 Å². The zero-order valence-corrected chi connectivity index (χ0v) is 24.0. The zero-order valence-electron chi connectivity index (χ0n) is 23.2. The Kier molecular flexibility index (Phi) is 10.6. The lowest BCUT2D eigenvalue weighted by molar-refractivity contribution is -0.384. The van der Waals surface area contributed by atoms with Crippen molar-refractivity contribution in [2.24, 2.45) is 5.92 Å². The molecule has 0 aliphatic heterocycles. The largest absolute Gasteiger partial charge is 0.345 e. The summed E-state index contributed by atoms with van der Waals surface area (Å²) in [5.41, 5.74) is 2.55.